The molecule has 2 aromatic rings. The van der Waals surface area contributed by atoms with E-state index in [1.807, 2.05) is 0 Å². The molecule has 0 spiro atoms. The smallest absolute Gasteiger partial charge is 0.335 e. The largest absolute Gasteiger partial charge is 0.478 e. The van der Waals surface area contributed by atoms with Crippen LogP contribution in [0.25, 0.3) is 0 Å². The highest BCUT2D eigenvalue weighted by Crippen LogP contribution is 2.22. The molecule has 0 unspecified atom stereocenters. The fraction of sp³-hybridized carbons (Fsp3) is 0.105. The van der Waals surface area contributed by atoms with Crippen molar-refractivity contribution in [2.75, 3.05) is 11.9 Å². The van der Waals surface area contributed by atoms with Crippen molar-refractivity contribution in [1.29, 1.82) is 0 Å². The molecule has 5 nitrogen and oxygen atoms in total. The van der Waals surface area contributed by atoms with Gasteiger partial charge in [0.25, 0.3) is 0 Å². The summed E-state index contributed by atoms with van der Waals surface area (Å²) >= 11 is 0. The summed E-state index contributed by atoms with van der Waals surface area (Å²) in [5.74, 6) is -1.33. The van der Waals surface area contributed by atoms with Crippen LogP contribution in [0.2, 0.25) is 0 Å². The SMILES string of the molecule is Cc1cc(NCC2=CC(=O)c3ccccc3C2=O)ccc1C(=O)O. The number of carbonyl (C=O) groups is 3. The molecule has 0 amide bonds. The van der Waals surface area contributed by atoms with E-state index in [1.165, 1.54) is 12.1 Å². The van der Waals surface area contributed by atoms with Gasteiger partial charge in [-0.3, -0.25) is 9.59 Å². The van der Waals surface area contributed by atoms with Crippen molar-refractivity contribution in [3.8, 4) is 0 Å². The van der Waals surface area contributed by atoms with Crippen LogP contribution in [0.5, 0.6) is 0 Å². The molecule has 0 saturated carbocycles. The quantitative estimate of drug-likeness (QED) is 0.904. The summed E-state index contributed by atoms with van der Waals surface area (Å²) in [5.41, 5.74) is 2.78. The number of aromatic carboxylic acids is 1. The Hall–Kier alpha value is -3.21. The molecular formula is C19H15NO4. The van der Waals surface area contributed by atoms with Crippen LogP contribution in [-0.2, 0) is 0 Å². The molecule has 5 heteroatoms. The Balaban J connectivity index is 1.78. The van der Waals surface area contributed by atoms with Crippen molar-refractivity contribution in [3.05, 3.63) is 76.4 Å². The van der Waals surface area contributed by atoms with Crippen LogP contribution in [0.3, 0.4) is 0 Å². The standard InChI is InChI=1S/C19H15NO4/c1-11-8-13(6-7-14(11)19(23)24)20-10-12-9-17(21)15-4-2-3-5-16(15)18(12)22/h2-9,20H,10H2,1H3,(H,23,24). The average Bonchev–Trinajstić information content (AvgIpc) is 2.56. The third kappa shape index (κ3) is 2.84. The van der Waals surface area contributed by atoms with Gasteiger partial charge < -0.3 is 10.4 Å². The minimum atomic E-state index is -0.980. The van der Waals surface area contributed by atoms with Gasteiger partial charge in [0.15, 0.2) is 11.6 Å². The highest BCUT2D eigenvalue weighted by atomic mass is 16.4. The lowest BCUT2D eigenvalue weighted by Gasteiger charge is -2.16. The zero-order chi connectivity index (χ0) is 17.3. The zero-order valence-electron chi connectivity index (χ0n) is 13.0. The van der Waals surface area contributed by atoms with Gasteiger partial charge >= 0.3 is 5.97 Å². The maximum Gasteiger partial charge on any atom is 0.335 e. The minimum absolute atomic E-state index is 0.170. The van der Waals surface area contributed by atoms with Crippen LogP contribution in [0.4, 0.5) is 5.69 Å². The van der Waals surface area contributed by atoms with Gasteiger partial charge in [0.05, 0.1) is 5.56 Å². The van der Waals surface area contributed by atoms with Crippen LogP contribution in [0, 0.1) is 6.92 Å². The molecule has 0 radical (unpaired) electrons. The zero-order valence-corrected chi connectivity index (χ0v) is 13.0. The number of fused-ring (bicyclic) bond motifs is 1. The lowest BCUT2D eigenvalue weighted by atomic mass is 9.89. The topological polar surface area (TPSA) is 83.5 Å². The Kier molecular flexibility index (Phi) is 4.00. The number of rotatable bonds is 4. The van der Waals surface area contributed by atoms with Crippen LogP contribution in [0.1, 0.15) is 36.6 Å². The summed E-state index contributed by atoms with van der Waals surface area (Å²) in [6.07, 6.45) is 1.36. The summed E-state index contributed by atoms with van der Waals surface area (Å²) in [4.78, 5) is 35.6. The molecule has 0 atom stereocenters. The summed E-state index contributed by atoms with van der Waals surface area (Å²) in [5, 5.41) is 12.1. The Morgan fingerprint density at radius 1 is 1.08 bits per heavy atom. The van der Waals surface area contributed by atoms with E-state index in [2.05, 4.69) is 5.32 Å². The number of carbonyl (C=O) groups excluding carboxylic acids is 2. The number of nitrogens with one attached hydrogen (secondary N) is 1. The van der Waals surface area contributed by atoms with Gasteiger partial charge in [-0.2, -0.15) is 0 Å². The third-order valence-corrected chi connectivity index (χ3v) is 3.97. The van der Waals surface area contributed by atoms with Gasteiger partial charge in [-0.1, -0.05) is 24.3 Å². The second-order valence-electron chi connectivity index (χ2n) is 5.60. The molecule has 1 aliphatic rings. The van der Waals surface area contributed by atoms with E-state index in [0.29, 0.717) is 28.0 Å². The maximum atomic E-state index is 12.5. The van der Waals surface area contributed by atoms with Gasteiger partial charge in [-0.25, -0.2) is 4.79 Å². The Bertz CT molecular complexity index is 896. The predicted octanol–water partition coefficient (Wildman–Crippen LogP) is 3.11. The molecule has 120 valence electrons. The third-order valence-electron chi connectivity index (χ3n) is 3.97. The number of carboxylic acids is 1. The number of hydrogen-bond acceptors (Lipinski definition) is 4. The van der Waals surface area contributed by atoms with Gasteiger partial charge in [0, 0.05) is 28.9 Å². The average molecular weight is 321 g/mol. The van der Waals surface area contributed by atoms with E-state index in [1.54, 1.807) is 43.3 Å². The molecule has 0 heterocycles. The molecule has 0 bridgehead atoms. The van der Waals surface area contributed by atoms with Crippen LogP contribution >= 0.6 is 0 Å². The Morgan fingerprint density at radius 2 is 1.79 bits per heavy atom. The highest BCUT2D eigenvalue weighted by molar-refractivity contribution is 6.24. The first kappa shape index (κ1) is 15.7. The van der Waals surface area contributed by atoms with Gasteiger partial charge in [0.2, 0.25) is 0 Å². The normalized spacial score (nSPS) is 13.3. The monoisotopic (exact) mass is 321 g/mol. The number of allylic oxidation sites excluding steroid dienone is 1. The second-order valence-corrected chi connectivity index (χ2v) is 5.60. The van der Waals surface area contributed by atoms with E-state index in [-0.39, 0.29) is 23.7 Å². The first-order valence-corrected chi connectivity index (χ1v) is 7.44. The summed E-state index contributed by atoms with van der Waals surface area (Å²) in [6.45, 7) is 1.91. The first-order chi connectivity index (χ1) is 11.5. The van der Waals surface area contributed by atoms with Crippen LogP contribution < -0.4 is 5.32 Å². The molecular weight excluding hydrogens is 306 g/mol. The van der Waals surface area contributed by atoms with E-state index < -0.39 is 5.97 Å². The number of benzene rings is 2. The van der Waals surface area contributed by atoms with Crippen molar-refractivity contribution in [3.63, 3.8) is 0 Å². The molecule has 24 heavy (non-hydrogen) atoms. The molecule has 2 aromatic carbocycles. The minimum Gasteiger partial charge on any atom is -0.478 e. The van der Waals surface area contributed by atoms with Crippen molar-refractivity contribution in [2.45, 2.75) is 6.92 Å². The number of aryl methyl sites for hydroxylation is 1. The van der Waals surface area contributed by atoms with Gasteiger partial charge in [-0.15, -0.1) is 0 Å². The number of anilines is 1. The molecule has 0 aliphatic heterocycles. The Labute approximate surface area is 138 Å². The molecule has 3 rings (SSSR count). The first-order valence-electron chi connectivity index (χ1n) is 7.44. The number of carboxylic acid groups (broad SMARTS) is 1. The van der Waals surface area contributed by atoms with Crippen molar-refractivity contribution in [2.24, 2.45) is 0 Å². The predicted molar refractivity (Wildman–Crippen MR) is 89.8 cm³/mol. The van der Waals surface area contributed by atoms with Gasteiger partial charge in [0.1, 0.15) is 0 Å². The highest BCUT2D eigenvalue weighted by Gasteiger charge is 2.24. The lowest BCUT2D eigenvalue weighted by Crippen LogP contribution is -2.21. The van der Waals surface area contributed by atoms with E-state index in [0.717, 1.165) is 0 Å². The van der Waals surface area contributed by atoms with Crippen molar-refractivity contribution in [1.82, 2.24) is 0 Å². The number of ketones is 2. The van der Waals surface area contributed by atoms with E-state index in [4.69, 9.17) is 5.11 Å². The molecule has 1 aliphatic carbocycles. The second kappa shape index (κ2) is 6.12. The Morgan fingerprint density at radius 3 is 2.46 bits per heavy atom. The van der Waals surface area contributed by atoms with Gasteiger partial charge in [-0.05, 0) is 36.8 Å². The van der Waals surface area contributed by atoms with Crippen molar-refractivity contribution >= 4 is 23.2 Å². The van der Waals surface area contributed by atoms with E-state index in [9.17, 15) is 14.4 Å². The fourth-order valence-corrected chi connectivity index (χ4v) is 2.71. The summed E-state index contributed by atoms with van der Waals surface area (Å²) in [6, 6.07) is 11.6. The summed E-state index contributed by atoms with van der Waals surface area (Å²) < 4.78 is 0. The van der Waals surface area contributed by atoms with Crippen molar-refractivity contribution < 1.29 is 19.5 Å². The molecule has 0 fully saturated rings. The fourth-order valence-electron chi connectivity index (χ4n) is 2.71. The van der Waals surface area contributed by atoms with E-state index >= 15 is 0 Å². The van der Waals surface area contributed by atoms with Crippen LogP contribution in [0.15, 0.2) is 54.1 Å². The maximum absolute atomic E-state index is 12.5. The number of Topliss-reactive ketones (excluding diaryl/α,β-unsaturated/α-hetero) is 1. The molecule has 2 N–H and O–H groups in total. The van der Waals surface area contributed by atoms with Crippen LogP contribution in [-0.4, -0.2) is 29.2 Å². The number of hydrogen-bond donors (Lipinski definition) is 2. The summed E-state index contributed by atoms with van der Waals surface area (Å²) in [7, 11) is 0. The lowest BCUT2D eigenvalue weighted by molar-refractivity contribution is 0.0695. The molecule has 0 saturated heterocycles. The molecule has 0 aromatic heterocycles.